The Hall–Kier alpha value is -1.46. The monoisotopic (exact) mass is 496 g/mol. The summed E-state index contributed by atoms with van der Waals surface area (Å²) in [6, 6.07) is 0. The highest BCUT2D eigenvalue weighted by atomic mass is 17.2. The molecule has 0 aromatic heterocycles. The zero-order chi connectivity index (χ0) is 26.2. The Morgan fingerprint density at radius 2 is 1.69 bits per heavy atom. The average molecular weight is 497 g/mol. The van der Waals surface area contributed by atoms with Crippen LogP contribution in [-0.2, 0) is 24.1 Å². The first-order valence-electron chi connectivity index (χ1n) is 14.0. The van der Waals surface area contributed by atoms with Crippen molar-refractivity contribution in [1.29, 1.82) is 0 Å². The largest absolute Gasteiger partial charge is 0.469 e. The van der Waals surface area contributed by atoms with Crippen LogP contribution in [0.3, 0.4) is 0 Å². The zero-order valence-electron chi connectivity index (χ0n) is 23.5. The van der Waals surface area contributed by atoms with Crippen LogP contribution in [0.1, 0.15) is 93.4 Å². The van der Waals surface area contributed by atoms with Crippen molar-refractivity contribution in [3.05, 3.63) is 23.8 Å². The van der Waals surface area contributed by atoms with Gasteiger partial charge in [0, 0.05) is 10.8 Å². The van der Waals surface area contributed by atoms with Gasteiger partial charge in [-0.05, 0) is 86.0 Å². The normalized spacial score (nSPS) is 54.5. The van der Waals surface area contributed by atoms with Crippen LogP contribution >= 0.6 is 0 Å². The molecule has 0 aromatic carbocycles. The fourth-order valence-electron chi connectivity index (χ4n) is 10.5. The quantitative estimate of drug-likeness (QED) is 0.240. The lowest BCUT2D eigenvalue weighted by Crippen LogP contribution is -2.75. The number of fused-ring (bicyclic) bond motifs is 4. The number of esters is 1. The van der Waals surface area contributed by atoms with Crippen molar-refractivity contribution >= 4 is 11.8 Å². The summed E-state index contributed by atoms with van der Waals surface area (Å²) in [4.78, 5) is 40.0. The number of hydrogen-bond donors (Lipinski definition) is 0. The first-order valence-corrected chi connectivity index (χ1v) is 14.0. The molecule has 6 aliphatic rings. The summed E-state index contributed by atoms with van der Waals surface area (Å²) >= 11 is 0. The second-order valence-corrected chi connectivity index (χ2v) is 14.9. The number of hydrogen-bond acceptors (Lipinski definition) is 5. The highest BCUT2D eigenvalue weighted by Crippen LogP contribution is 2.78. The van der Waals surface area contributed by atoms with E-state index in [4.69, 9.17) is 14.5 Å². The topological polar surface area (TPSA) is 61.8 Å². The summed E-state index contributed by atoms with van der Waals surface area (Å²) < 4.78 is 5.26. The van der Waals surface area contributed by atoms with E-state index in [1.54, 1.807) is 0 Å². The molecule has 5 heteroatoms. The van der Waals surface area contributed by atoms with Crippen LogP contribution in [0, 0.1) is 44.3 Å². The van der Waals surface area contributed by atoms with Gasteiger partial charge in [-0.3, -0.25) is 9.59 Å². The maximum absolute atomic E-state index is 14.6. The number of allylic oxidation sites excluding steroid dienone is 2. The average Bonchev–Trinajstić information content (AvgIpc) is 3.13. The minimum Gasteiger partial charge on any atom is -0.469 e. The third kappa shape index (κ3) is 2.47. The SMILES string of the molecule is COC(=O)[C@@]1(C)CC[C@]2(C)CC[C@]3(C)C(=CC(=O)[C@@]45OO[C@H]6C=CC(C)(C)C(CC[C@]43C)[C@]65C)[C@@H]2C1. The van der Waals surface area contributed by atoms with Crippen molar-refractivity contribution < 1.29 is 24.1 Å². The lowest BCUT2D eigenvalue weighted by molar-refractivity contribution is -0.350. The molecule has 1 unspecified atom stereocenters. The molecule has 1 heterocycles. The van der Waals surface area contributed by atoms with Crippen LogP contribution < -0.4 is 0 Å². The molecule has 36 heavy (non-hydrogen) atoms. The smallest absolute Gasteiger partial charge is 0.311 e. The summed E-state index contributed by atoms with van der Waals surface area (Å²) in [5.74, 6) is 0.428. The van der Waals surface area contributed by atoms with E-state index < -0.39 is 21.8 Å². The van der Waals surface area contributed by atoms with E-state index >= 15 is 0 Å². The summed E-state index contributed by atoms with van der Waals surface area (Å²) in [5.41, 5.74) is -1.26. The van der Waals surface area contributed by atoms with Gasteiger partial charge >= 0.3 is 5.97 Å². The molecule has 0 amide bonds. The van der Waals surface area contributed by atoms with Gasteiger partial charge < -0.3 is 4.74 Å². The van der Waals surface area contributed by atoms with Crippen LogP contribution in [0.5, 0.6) is 0 Å². The third-order valence-electron chi connectivity index (χ3n) is 13.1. The lowest BCUT2D eigenvalue weighted by atomic mass is 9.32. The van der Waals surface area contributed by atoms with Crippen LogP contribution in [-0.4, -0.2) is 30.6 Å². The molecule has 3 saturated carbocycles. The third-order valence-corrected chi connectivity index (χ3v) is 13.1. The van der Waals surface area contributed by atoms with Crippen molar-refractivity contribution in [3.8, 4) is 0 Å². The molecular weight excluding hydrogens is 452 g/mol. The second-order valence-electron chi connectivity index (χ2n) is 14.9. The molecule has 1 spiro atoms. The molecule has 0 radical (unpaired) electrons. The van der Waals surface area contributed by atoms with Gasteiger partial charge in [-0.2, -0.15) is 0 Å². The Morgan fingerprint density at radius 3 is 2.39 bits per heavy atom. The van der Waals surface area contributed by atoms with Gasteiger partial charge in [0.05, 0.1) is 12.5 Å². The van der Waals surface area contributed by atoms with Crippen molar-refractivity contribution in [1.82, 2.24) is 0 Å². The summed E-state index contributed by atoms with van der Waals surface area (Å²) in [5, 5.41) is 0. The van der Waals surface area contributed by atoms with E-state index in [2.05, 4.69) is 60.6 Å². The predicted octanol–water partition coefficient (Wildman–Crippen LogP) is 6.37. The molecule has 1 saturated heterocycles. The lowest BCUT2D eigenvalue weighted by Gasteiger charge is -2.70. The number of ketones is 1. The Morgan fingerprint density at radius 1 is 1.00 bits per heavy atom. The van der Waals surface area contributed by atoms with Gasteiger partial charge in [-0.15, -0.1) is 0 Å². The van der Waals surface area contributed by atoms with E-state index in [9.17, 15) is 9.59 Å². The molecule has 4 fully saturated rings. The van der Waals surface area contributed by atoms with Crippen molar-refractivity contribution in [2.75, 3.05) is 7.11 Å². The van der Waals surface area contributed by atoms with E-state index in [-0.39, 0.29) is 40.0 Å². The van der Waals surface area contributed by atoms with Crippen LogP contribution in [0.15, 0.2) is 23.8 Å². The highest BCUT2D eigenvalue weighted by molar-refractivity contribution is 6.01. The fraction of sp³-hybridized carbons (Fsp3) is 0.806. The van der Waals surface area contributed by atoms with Gasteiger partial charge in [0.2, 0.25) is 0 Å². The van der Waals surface area contributed by atoms with Gasteiger partial charge in [0.15, 0.2) is 11.4 Å². The molecule has 0 bridgehead atoms. The standard InChI is InChI=1S/C31H44O5/c1-25(2)11-10-23-30(7)21(25)9-12-29(6)28(5)16-15-26(3)13-14-27(4,24(33)34-8)18-20(26)19(28)17-22(32)31(29,30)36-35-23/h10-11,17,20-21,23H,9,12-16,18H2,1-8H3/t20-,21?,23-,26+,27-,28+,29-,30+,31+/m0/s1. The minimum absolute atomic E-state index is 0.0291. The first-order chi connectivity index (χ1) is 16.7. The molecule has 9 atom stereocenters. The molecule has 5 aliphatic carbocycles. The molecule has 0 aromatic rings. The zero-order valence-corrected chi connectivity index (χ0v) is 23.5. The Labute approximate surface area is 216 Å². The Kier molecular flexibility index (Phi) is 4.79. The summed E-state index contributed by atoms with van der Waals surface area (Å²) in [6.45, 7) is 16.0. The minimum atomic E-state index is -1.01. The number of rotatable bonds is 1. The molecule has 0 N–H and O–H groups in total. The van der Waals surface area contributed by atoms with Crippen molar-refractivity contribution in [3.63, 3.8) is 0 Å². The number of carbonyl (C=O) groups is 2. The van der Waals surface area contributed by atoms with Crippen molar-refractivity contribution in [2.45, 2.75) is 105 Å². The maximum Gasteiger partial charge on any atom is 0.311 e. The fourth-order valence-corrected chi connectivity index (χ4v) is 10.5. The van der Waals surface area contributed by atoms with Gasteiger partial charge in [0.25, 0.3) is 0 Å². The van der Waals surface area contributed by atoms with Gasteiger partial charge in [-0.25, -0.2) is 9.78 Å². The Balaban J connectivity index is 1.53. The van der Waals surface area contributed by atoms with E-state index in [0.29, 0.717) is 5.92 Å². The van der Waals surface area contributed by atoms with E-state index in [1.807, 2.05) is 6.08 Å². The van der Waals surface area contributed by atoms with Crippen LogP contribution in [0.2, 0.25) is 0 Å². The van der Waals surface area contributed by atoms with Crippen LogP contribution in [0.4, 0.5) is 0 Å². The molecule has 1 aliphatic heterocycles. The van der Waals surface area contributed by atoms with Crippen molar-refractivity contribution in [2.24, 2.45) is 44.3 Å². The molecular formula is C31H44O5. The first kappa shape index (κ1) is 24.9. The molecule has 5 nitrogen and oxygen atoms in total. The molecule has 6 rings (SSSR count). The molecule has 198 valence electrons. The van der Waals surface area contributed by atoms with Gasteiger partial charge in [-0.1, -0.05) is 59.3 Å². The summed E-state index contributed by atoms with van der Waals surface area (Å²) in [6.07, 6.45) is 12.8. The van der Waals surface area contributed by atoms with Gasteiger partial charge in [0.1, 0.15) is 6.10 Å². The van der Waals surface area contributed by atoms with Crippen LogP contribution in [0.25, 0.3) is 0 Å². The maximum atomic E-state index is 14.6. The summed E-state index contributed by atoms with van der Waals surface area (Å²) in [7, 11) is 1.49. The second kappa shape index (κ2) is 6.94. The predicted molar refractivity (Wildman–Crippen MR) is 137 cm³/mol. The Bertz CT molecular complexity index is 1100. The number of methoxy groups -OCH3 is 1. The van der Waals surface area contributed by atoms with E-state index in [1.165, 1.54) is 12.7 Å². The highest BCUT2D eigenvalue weighted by Gasteiger charge is 2.82. The number of carbonyl (C=O) groups excluding carboxylic acids is 2. The van der Waals surface area contributed by atoms with E-state index in [0.717, 1.165) is 44.9 Å². The number of ether oxygens (including phenoxy) is 1.